The Balaban J connectivity index is 2.46. The highest BCUT2D eigenvalue weighted by molar-refractivity contribution is 6.43. The zero-order valence-electron chi connectivity index (χ0n) is 10.9. The Morgan fingerprint density at radius 1 is 1.29 bits per heavy atom. The van der Waals surface area contributed by atoms with E-state index in [-0.39, 0.29) is 22.3 Å². The third-order valence-corrected chi connectivity index (χ3v) is 3.37. The van der Waals surface area contributed by atoms with E-state index in [1.54, 1.807) is 18.2 Å². The highest BCUT2D eigenvalue weighted by Gasteiger charge is 2.23. The van der Waals surface area contributed by atoms with Crippen LogP contribution in [0.3, 0.4) is 0 Å². The van der Waals surface area contributed by atoms with E-state index in [1.807, 2.05) is 6.92 Å². The van der Waals surface area contributed by atoms with E-state index in [2.05, 4.69) is 20.6 Å². The van der Waals surface area contributed by atoms with Crippen molar-refractivity contribution in [2.24, 2.45) is 0 Å². The first kappa shape index (κ1) is 15.3. The smallest absolute Gasteiger partial charge is 0.353 e. The fraction of sp³-hybridized carbons (Fsp3) is 0.167. The Hall–Kier alpha value is -2.12. The largest absolute Gasteiger partial charge is 0.364 e. The van der Waals surface area contributed by atoms with Gasteiger partial charge in [-0.1, -0.05) is 29.3 Å². The van der Waals surface area contributed by atoms with Crippen LogP contribution < -0.4 is 10.6 Å². The van der Waals surface area contributed by atoms with Gasteiger partial charge in [0.2, 0.25) is 11.6 Å². The van der Waals surface area contributed by atoms with E-state index < -0.39 is 4.92 Å². The molecule has 0 aliphatic carbocycles. The second kappa shape index (κ2) is 6.55. The lowest BCUT2D eigenvalue weighted by molar-refractivity contribution is -0.383. The summed E-state index contributed by atoms with van der Waals surface area (Å²) in [6.45, 7) is 2.31. The highest BCUT2D eigenvalue weighted by Crippen LogP contribution is 2.35. The average molecular weight is 328 g/mol. The molecule has 0 atom stereocenters. The van der Waals surface area contributed by atoms with Gasteiger partial charge in [0.05, 0.1) is 20.7 Å². The third kappa shape index (κ3) is 3.32. The predicted molar refractivity (Wildman–Crippen MR) is 82.6 cm³/mol. The molecule has 1 aromatic heterocycles. The van der Waals surface area contributed by atoms with Crippen molar-refractivity contribution in [2.45, 2.75) is 6.92 Å². The standard InChI is InChI=1S/C12H11Cl2N5O2/c1-2-15-11-10(19(20)21)12(17-6-16-11)18-8-5-3-4-7(13)9(8)14/h3-6H,2H2,1H3,(H2,15,16,17,18). The van der Waals surface area contributed by atoms with Crippen molar-refractivity contribution in [3.63, 3.8) is 0 Å². The molecule has 0 bridgehead atoms. The maximum Gasteiger partial charge on any atom is 0.353 e. The van der Waals surface area contributed by atoms with Crippen LogP contribution in [0.15, 0.2) is 24.5 Å². The Morgan fingerprint density at radius 2 is 2.00 bits per heavy atom. The summed E-state index contributed by atoms with van der Waals surface area (Å²) in [5, 5.41) is 17.5. The molecule has 0 amide bonds. The van der Waals surface area contributed by atoms with Crippen molar-refractivity contribution in [3.05, 3.63) is 44.7 Å². The summed E-state index contributed by atoms with van der Waals surface area (Å²) < 4.78 is 0. The Kier molecular flexibility index (Phi) is 4.77. The summed E-state index contributed by atoms with van der Waals surface area (Å²) >= 11 is 12.0. The molecule has 0 saturated heterocycles. The fourth-order valence-electron chi connectivity index (χ4n) is 1.67. The Bertz CT molecular complexity index is 681. The zero-order valence-corrected chi connectivity index (χ0v) is 12.4. The Labute approximate surface area is 130 Å². The summed E-state index contributed by atoms with van der Waals surface area (Å²) in [5.74, 6) is 0.174. The minimum absolute atomic E-state index is 0.0371. The normalized spacial score (nSPS) is 10.2. The number of hydrogen-bond acceptors (Lipinski definition) is 6. The molecule has 2 N–H and O–H groups in total. The quantitative estimate of drug-likeness (QED) is 0.639. The van der Waals surface area contributed by atoms with Crippen LogP contribution in [-0.2, 0) is 0 Å². The SMILES string of the molecule is CCNc1ncnc(Nc2cccc(Cl)c2Cl)c1[N+](=O)[O-]. The lowest BCUT2D eigenvalue weighted by Gasteiger charge is -2.10. The van der Waals surface area contributed by atoms with Crippen LogP contribution in [0.4, 0.5) is 23.0 Å². The molecule has 2 aromatic rings. The van der Waals surface area contributed by atoms with Crippen LogP contribution in [-0.4, -0.2) is 21.4 Å². The monoisotopic (exact) mass is 327 g/mol. The summed E-state index contributed by atoms with van der Waals surface area (Å²) in [5.41, 5.74) is 0.170. The molecular weight excluding hydrogens is 317 g/mol. The number of benzene rings is 1. The molecule has 0 aliphatic heterocycles. The molecule has 0 aliphatic rings. The van der Waals surface area contributed by atoms with Gasteiger partial charge < -0.3 is 10.6 Å². The van der Waals surface area contributed by atoms with Crippen molar-refractivity contribution in [1.29, 1.82) is 0 Å². The minimum Gasteiger partial charge on any atom is -0.364 e. The molecule has 0 spiro atoms. The number of halogens is 2. The van der Waals surface area contributed by atoms with E-state index in [1.165, 1.54) is 6.33 Å². The van der Waals surface area contributed by atoms with Crippen LogP contribution in [0.25, 0.3) is 0 Å². The van der Waals surface area contributed by atoms with Crippen LogP contribution >= 0.6 is 23.2 Å². The molecule has 0 unspecified atom stereocenters. The fourth-order valence-corrected chi connectivity index (χ4v) is 2.02. The van der Waals surface area contributed by atoms with Crippen LogP contribution in [0.5, 0.6) is 0 Å². The molecule has 21 heavy (non-hydrogen) atoms. The lowest BCUT2D eigenvalue weighted by atomic mass is 10.3. The van der Waals surface area contributed by atoms with Gasteiger partial charge in [-0.25, -0.2) is 9.97 Å². The number of hydrogen-bond donors (Lipinski definition) is 2. The number of aromatic nitrogens is 2. The van der Waals surface area contributed by atoms with Crippen LogP contribution in [0.2, 0.25) is 10.0 Å². The molecule has 0 radical (unpaired) electrons. The number of rotatable bonds is 5. The molecular formula is C12H11Cl2N5O2. The molecule has 0 fully saturated rings. The van der Waals surface area contributed by atoms with Crippen molar-refractivity contribution >= 4 is 46.2 Å². The third-order valence-electron chi connectivity index (χ3n) is 2.55. The number of nitro groups is 1. The summed E-state index contributed by atoms with van der Waals surface area (Å²) in [6.07, 6.45) is 1.23. The first-order valence-electron chi connectivity index (χ1n) is 5.99. The van der Waals surface area contributed by atoms with Crippen LogP contribution in [0, 0.1) is 10.1 Å². The molecule has 1 aromatic carbocycles. The van der Waals surface area contributed by atoms with E-state index in [4.69, 9.17) is 23.2 Å². The van der Waals surface area contributed by atoms with Gasteiger partial charge in [0, 0.05) is 6.54 Å². The van der Waals surface area contributed by atoms with Gasteiger partial charge in [-0.05, 0) is 19.1 Å². The maximum atomic E-state index is 11.2. The number of nitrogens with one attached hydrogen (secondary N) is 2. The average Bonchev–Trinajstić information content (AvgIpc) is 2.44. The van der Waals surface area contributed by atoms with E-state index in [0.717, 1.165) is 0 Å². The molecule has 110 valence electrons. The summed E-state index contributed by atoms with van der Waals surface area (Å²) in [6, 6.07) is 4.94. The lowest BCUT2D eigenvalue weighted by Crippen LogP contribution is -2.07. The van der Waals surface area contributed by atoms with Crippen molar-refractivity contribution < 1.29 is 4.92 Å². The second-order valence-electron chi connectivity index (χ2n) is 3.93. The molecule has 0 saturated carbocycles. The topological polar surface area (TPSA) is 93.0 Å². The molecule has 1 heterocycles. The Morgan fingerprint density at radius 3 is 2.67 bits per heavy atom. The van der Waals surface area contributed by atoms with Gasteiger partial charge in [-0.3, -0.25) is 10.1 Å². The van der Waals surface area contributed by atoms with Crippen molar-refractivity contribution in [1.82, 2.24) is 9.97 Å². The molecule has 9 heteroatoms. The molecule has 2 rings (SSSR count). The predicted octanol–water partition coefficient (Wildman–Crippen LogP) is 3.87. The minimum atomic E-state index is -0.557. The van der Waals surface area contributed by atoms with Crippen LogP contribution in [0.1, 0.15) is 6.92 Å². The molecule has 7 nitrogen and oxygen atoms in total. The van der Waals surface area contributed by atoms with Gasteiger partial charge in [-0.15, -0.1) is 0 Å². The zero-order chi connectivity index (χ0) is 15.4. The van der Waals surface area contributed by atoms with E-state index in [9.17, 15) is 10.1 Å². The van der Waals surface area contributed by atoms with Gasteiger partial charge in [0.25, 0.3) is 0 Å². The second-order valence-corrected chi connectivity index (χ2v) is 4.72. The van der Waals surface area contributed by atoms with Gasteiger partial charge in [-0.2, -0.15) is 0 Å². The highest BCUT2D eigenvalue weighted by atomic mass is 35.5. The summed E-state index contributed by atoms with van der Waals surface area (Å²) in [7, 11) is 0. The van der Waals surface area contributed by atoms with Gasteiger partial charge >= 0.3 is 5.69 Å². The van der Waals surface area contributed by atoms with Crippen molar-refractivity contribution in [2.75, 3.05) is 17.2 Å². The van der Waals surface area contributed by atoms with E-state index in [0.29, 0.717) is 17.3 Å². The van der Waals surface area contributed by atoms with E-state index >= 15 is 0 Å². The summed E-state index contributed by atoms with van der Waals surface area (Å²) in [4.78, 5) is 18.5. The first-order valence-corrected chi connectivity index (χ1v) is 6.74. The number of nitrogens with zero attached hydrogens (tertiary/aromatic N) is 3. The van der Waals surface area contributed by atoms with Gasteiger partial charge in [0.15, 0.2) is 0 Å². The first-order chi connectivity index (χ1) is 10.0. The van der Waals surface area contributed by atoms with Crippen molar-refractivity contribution in [3.8, 4) is 0 Å². The number of anilines is 3. The van der Waals surface area contributed by atoms with Gasteiger partial charge in [0.1, 0.15) is 6.33 Å². The maximum absolute atomic E-state index is 11.2.